The fraction of sp³-hybridized carbons (Fsp3) is 0.100. The molecule has 0 unspecified atom stereocenters. The predicted octanol–water partition coefficient (Wildman–Crippen LogP) is 1.47. The molecule has 2 rings (SSSR count). The minimum Gasteiger partial charge on any atom is -0.465 e. The van der Waals surface area contributed by atoms with E-state index in [1.165, 1.54) is 12.4 Å². The summed E-state index contributed by atoms with van der Waals surface area (Å²) in [6.07, 6.45) is 1.87. The first-order valence-corrected chi connectivity index (χ1v) is 5.36. The van der Waals surface area contributed by atoms with Crippen molar-refractivity contribution in [3.8, 4) is 11.4 Å². The Balaban J connectivity index is 2.33. The first kappa shape index (κ1) is 12.2. The van der Waals surface area contributed by atoms with Crippen LogP contribution in [0.25, 0.3) is 11.4 Å². The Morgan fingerprint density at radius 2 is 2.33 bits per heavy atom. The fourth-order valence-electron chi connectivity index (χ4n) is 1.46. The minimum absolute atomic E-state index is 0.115. The maximum Gasteiger partial charge on any atom is 0.404 e. The van der Waals surface area contributed by atoms with Gasteiger partial charge in [-0.2, -0.15) is 5.10 Å². The Morgan fingerprint density at radius 3 is 3.00 bits per heavy atom. The lowest BCUT2D eigenvalue weighted by Crippen LogP contribution is -2.20. The summed E-state index contributed by atoms with van der Waals surface area (Å²) in [5, 5.41) is 17.8. The third-order valence-electron chi connectivity index (χ3n) is 2.25. The van der Waals surface area contributed by atoms with Crippen LogP contribution in [0, 0.1) is 0 Å². The van der Waals surface area contributed by atoms with Crippen molar-refractivity contribution >= 4 is 23.4 Å². The summed E-state index contributed by atoms with van der Waals surface area (Å²) in [5.74, 6) is 0. The van der Waals surface area contributed by atoms with Crippen molar-refractivity contribution in [3.05, 3.63) is 29.0 Å². The first-order chi connectivity index (χ1) is 8.58. The fourth-order valence-corrected chi connectivity index (χ4v) is 1.73. The molecule has 0 aliphatic carbocycles. The molecule has 0 aliphatic rings. The summed E-state index contributed by atoms with van der Waals surface area (Å²) in [7, 11) is 0. The standard InChI is InChI=1S/C10H10ClN5O2/c11-7-1-6(12)4-13-9(7)8-5(3-15-16-8)2-14-10(17)18/h1,3-4,14H,2,12H2,(H,15,16)(H,17,18). The van der Waals surface area contributed by atoms with Crippen molar-refractivity contribution in [2.75, 3.05) is 5.73 Å². The molecule has 0 fully saturated rings. The number of pyridine rings is 1. The highest BCUT2D eigenvalue weighted by atomic mass is 35.5. The molecule has 7 nitrogen and oxygen atoms in total. The van der Waals surface area contributed by atoms with Crippen LogP contribution in [0.4, 0.5) is 10.5 Å². The Morgan fingerprint density at radius 1 is 1.56 bits per heavy atom. The average molecular weight is 268 g/mol. The van der Waals surface area contributed by atoms with Crippen molar-refractivity contribution in [2.45, 2.75) is 6.54 Å². The topological polar surface area (TPSA) is 117 Å². The van der Waals surface area contributed by atoms with E-state index in [4.69, 9.17) is 22.4 Å². The van der Waals surface area contributed by atoms with E-state index in [1.807, 2.05) is 0 Å². The number of halogens is 1. The molecule has 0 bridgehead atoms. The van der Waals surface area contributed by atoms with Gasteiger partial charge in [-0.05, 0) is 6.07 Å². The third kappa shape index (κ3) is 2.51. The number of nitrogens with one attached hydrogen (secondary N) is 2. The van der Waals surface area contributed by atoms with Crippen molar-refractivity contribution in [1.82, 2.24) is 20.5 Å². The number of anilines is 1. The molecule has 2 aromatic heterocycles. The number of hydrogen-bond acceptors (Lipinski definition) is 4. The summed E-state index contributed by atoms with van der Waals surface area (Å²) in [4.78, 5) is 14.6. The Bertz CT molecular complexity index is 583. The Hall–Kier alpha value is -2.28. The number of nitrogens with zero attached hydrogens (tertiary/aromatic N) is 2. The molecule has 0 saturated carbocycles. The van der Waals surface area contributed by atoms with Gasteiger partial charge in [0, 0.05) is 12.1 Å². The quantitative estimate of drug-likeness (QED) is 0.672. The van der Waals surface area contributed by atoms with E-state index < -0.39 is 6.09 Å². The number of hydrogen-bond donors (Lipinski definition) is 4. The number of carbonyl (C=O) groups is 1. The number of aromatic amines is 1. The monoisotopic (exact) mass is 267 g/mol. The molecule has 94 valence electrons. The SMILES string of the molecule is Nc1cnc(-c2[nH]ncc2CNC(=O)O)c(Cl)c1. The van der Waals surface area contributed by atoms with Crippen LogP contribution >= 0.6 is 11.6 Å². The summed E-state index contributed by atoms with van der Waals surface area (Å²) in [6, 6.07) is 1.57. The minimum atomic E-state index is -1.11. The smallest absolute Gasteiger partial charge is 0.404 e. The highest BCUT2D eigenvalue weighted by Gasteiger charge is 2.13. The molecular formula is C10H10ClN5O2. The zero-order chi connectivity index (χ0) is 13.1. The van der Waals surface area contributed by atoms with Gasteiger partial charge < -0.3 is 16.2 Å². The molecule has 2 aromatic rings. The number of carboxylic acid groups (broad SMARTS) is 1. The number of aromatic nitrogens is 3. The van der Waals surface area contributed by atoms with Crippen LogP contribution in [-0.2, 0) is 6.54 Å². The van der Waals surface area contributed by atoms with Crippen LogP contribution < -0.4 is 11.1 Å². The van der Waals surface area contributed by atoms with Crippen molar-refractivity contribution in [2.24, 2.45) is 0 Å². The van der Waals surface area contributed by atoms with Crippen LogP contribution in [-0.4, -0.2) is 26.4 Å². The highest BCUT2D eigenvalue weighted by molar-refractivity contribution is 6.33. The normalized spacial score (nSPS) is 10.3. The predicted molar refractivity (Wildman–Crippen MR) is 66.1 cm³/mol. The Kier molecular flexibility index (Phi) is 3.33. The van der Waals surface area contributed by atoms with Gasteiger partial charge in [-0.1, -0.05) is 11.6 Å². The van der Waals surface area contributed by atoms with E-state index in [0.717, 1.165) is 0 Å². The molecule has 0 aliphatic heterocycles. The molecule has 0 spiro atoms. The molecule has 0 radical (unpaired) electrons. The number of rotatable bonds is 3. The van der Waals surface area contributed by atoms with Gasteiger partial charge in [0.25, 0.3) is 0 Å². The summed E-state index contributed by atoms with van der Waals surface area (Å²) in [5.41, 5.74) is 7.70. The van der Waals surface area contributed by atoms with Crippen LogP contribution in [0.3, 0.4) is 0 Å². The third-order valence-corrected chi connectivity index (χ3v) is 2.54. The molecule has 2 heterocycles. The van der Waals surface area contributed by atoms with E-state index in [-0.39, 0.29) is 6.54 Å². The summed E-state index contributed by atoms with van der Waals surface area (Å²) >= 11 is 6.03. The average Bonchev–Trinajstić information content (AvgIpc) is 2.74. The van der Waals surface area contributed by atoms with Crippen molar-refractivity contribution in [3.63, 3.8) is 0 Å². The number of H-pyrrole nitrogens is 1. The molecule has 18 heavy (non-hydrogen) atoms. The van der Waals surface area contributed by atoms with Crippen LogP contribution in [0.15, 0.2) is 18.5 Å². The van der Waals surface area contributed by atoms with Gasteiger partial charge in [0.05, 0.1) is 28.8 Å². The zero-order valence-electron chi connectivity index (χ0n) is 9.14. The van der Waals surface area contributed by atoms with Gasteiger partial charge >= 0.3 is 6.09 Å². The highest BCUT2D eigenvalue weighted by Crippen LogP contribution is 2.27. The summed E-state index contributed by atoms with van der Waals surface area (Å²) < 4.78 is 0. The lowest BCUT2D eigenvalue weighted by molar-refractivity contribution is 0.194. The zero-order valence-corrected chi connectivity index (χ0v) is 9.90. The molecule has 5 N–H and O–H groups in total. The molecule has 8 heteroatoms. The van der Waals surface area contributed by atoms with Gasteiger partial charge in [0.15, 0.2) is 0 Å². The van der Waals surface area contributed by atoms with Gasteiger partial charge in [0.2, 0.25) is 0 Å². The van der Waals surface area contributed by atoms with E-state index >= 15 is 0 Å². The number of nitrogens with two attached hydrogens (primary N) is 1. The Labute approximate surface area is 107 Å². The molecule has 0 saturated heterocycles. The van der Waals surface area contributed by atoms with E-state index in [2.05, 4.69) is 20.5 Å². The van der Waals surface area contributed by atoms with Gasteiger partial charge in [-0.15, -0.1) is 0 Å². The lowest BCUT2D eigenvalue weighted by atomic mass is 10.2. The van der Waals surface area contributed by atoms with E-state index in [9.17, 15) is 4.79 Å². The molecule has 0 atom stereocenters. The van der Waals surface area contributed by atoms with Gasteiger partial charge in [-0.25, -0.2) is 4.79 Å². The van der Waals surface area contributed by atoms with Crippen molar-refractivity contribution in [1.29, 1.82) is 0 Å². The second-order valence-electron chi connectivity index (χ2n) is 3.53. The maximum absolute atomic E-state index is 10.5. The van der Waals surface area contributed by atoms with Crippen LogP contribution in [0.2, 0.25) is 5.02 Å². The van der Waals surface area contributed by atoms with Crippen LogP contribution in [0.5, 0.6) is 0 Å². The lowest BCUT2D eigenvalue weighted by Gasteiger charge is -2.05. The van der Waals surface area contributed by atoms with E-state index in [1.54, 1.807) is 6.07 Å². The number of amides is 1. The number of nitrogen functional groups attached to an aromatic ring is 1. The molecule has 0 aromatic carbocycles. The molecular weight excluding hydrogens is 258 g/mol. The largest absolute Gasteiger partial charge is 0.465 e. The maximum atomic E-state index is 10.5. The first-order valence-electron chi connectivity index (χ1n) is 4.98. The van der Waals surface area contributed by atoms with Crippen LogP contribution in [0.1, 0.15) is 5.56 Å². The van der Waals surface area contributed by atoms with Crippen molar-refractivity contribution < 1.29 is 9.90 Å². The molecule has 1 amide bonds. The second kappa shape index (κ2) is 4.92. The summed E-state index contributed by atoms with van der Waals surface area (Å²) in [6.45, 7) is 0.115. The van der Waals surface area contributed by atoms with Gasteiger partial charge in [0.1, 0.15) is 5.69 Å². The second-order valence-corrected chi connectivity index (χ2v) is 3.94. The van der Waals surface area contributed by atoms with Gasteiger partial charge in [-0.3, -0.25) is 10.1 Å². The van der Waals surface area contributed by atoms with E-state index in [0.29, 0.717) is 27.7 Å².